The van der Waals surface area contributed by atoms with E-state index in [2.05, 4.69) is 36.1 Å². The molecule has 23 heavy (non-hydrogen) atoms. The molecule has 1 aromatic carbocycles. The van der Waals surface area contributed by atoms with Crippen molar-refractivity contribution in [3.63, 3.8) is 0 Å². The van der Waals surface area contributed by atoms with E-state index in [0.29, 0.717) is 13.1 Å². The monoisotopic (exact) mass is 319 g/mol. The molecule has 1 fully saturated rings. The van der Waals surface area contributed by atoms with Gasteiger partial charge in [0, 0.05) is 39.3 Å². The number of aliphatic hydroxyl groups excluding tert-OH is 1. The zero-order chi connectivity index (χ0) is 16.7. The first-order valence-electron chi connectivity index (χ1n) is 8.43. The number of benzene rings is 1. The lowest BCUT2D eigenvalue weighted by molar-refractivity contribution is -0.132. The van der Waals surface area contributed by atoms with Crippen LogP contribution in [-0.4, -0.2) is 78.6 Å². The maximum Gasteiger partial charge on any atom is 0.236 e. The van der Waals surface area contributed by atoms with Gasteiger partial charge in [-0.2, -0.15) is 0 Å². The number of nitrogens with zero attached hydrogens (tertiary/aromatic N) is 3. The summed E-state index contributed by atoms with van der Waals surface area (Å²) in [5.74, 6) is 0.165. The summed E-state index contributed by atoms with van der Waals surface area (Å²) in [5.41, 5.74) is 2.62. The minimum atomic E-state index is 0.0914. The number of aryl methyl sites for hydroxylation is 1. The molecule has 0 aliphatic carbocycles. The summed E-state index contributed by atoms with van der Waals surface area (Å²) in [4.78, 5) is 18.6. The molecular formula is C18H29N3O2. The summed E-state index contributed by atoms with van der Waals surface area (Å²) in [5, 5.41) is 8.92. The second-order valence-corrected chi connectivity index (χ2v) is 6.46. The molecule has 1 aliphatic rings. The number of likely N-dealkylation sites (N-methyl/N-ethyl adjacent to an activating group) is 1. The van der Waals surface area contributed by atoms with Gasteiger partial charge in [0.2, 0.25) is 5.91 Å². The van der Waals surface area contributed by atoms with Gasteiger partial charge in [-0.1, -0.05) is 29.8 Å². The van der Waals surface area contributed by atoms with E-state index in [9.17, 15) is 4.79 Å². The highest BCUT2D eigenvalue weighted by Gasteiger charge is 2.20. The molecule has 0 aromatic heterocycles. The van der Waals surface area contributed by atoms with Crippen molar-refractivity contribution in [2.75, 3.05) is 52.9 Å². The number of rotatable bonds is 6. The lowest BCUT2D eigenvalue weighted by Gasteiger charge is -2.24. The number of carbonyl (C=O) groups is 1. The van der Waals surface area contributed by atoms with E-state index in [1.807, 2.05) is 16.8 Å². The summed E-state index contributed by atoms with van der Waals surface area (Å²) in [6, 6.07) is 8.68. The molecule has 128 valence electrons. The van der Waals surface area contributed by atoms with Crippen molar-refractivity contribution in [1.29, 1.82) is 0 Å². The van der Waals surface area contributed by atoms with E-state index in [1.54, 1.807) is 0 Å². The Morgan fingerprint density at radius 3 is 2.61 bits per heavy atom. The highest BCUT2D eigenvalue weighted by atomic mass is 16.3. The molecule has 1 aliphatic heterocycles. The molecule has 0 radical (unpaired) electrons. The fourth-order valence-electron chi connectivity index (χ4n) is 2.91. The van der Waals surface area contributed by atoms with Crippen molar-refractivity contribution in [2.24, 2.45) is 0 Å². The molecular weight excluding hydrogens is 290 g/mol. The van der Waals surface area contributed by atoms with Gasteiger partial charge in [0.1, 0.15) is 0 Å². The van der Waals surface area contributed by atoms with Crippen LogP contribution in [0.3, 0.4) is 0 Å². The fraction of sp³-hybridized carbons (Fsp3) is 0.611. The first-order chi connectivity index (χ1) is 11.1. The standard InChI is InChI=1S/C18H29N3O2/c1-16-4-6-17(7-5-16)14-20-8-3-9-21(11-10-20)18(23)15-19(2)12-13-22/h4-7,22H,3,8-15H2,1-2H3. The van der Waals surface area contributed by atoms with E-state index in [4.69, 9.17) is 5.11 Å². The fourth-order valence-corrected chi connectivity index (χ4v) is 2.91. The predicted octanol–water partition coefficient (Wildman–Crippen LogP) is 0.953. The Hall–Kier alpha value is -1.43. The Labute approximate surface area is 139 Å². The van der Waals surface area contributed by atoms with Gasteiger partial charge in [0.05, 0.1) is 13.2 Å². The third kappa shape index (κ3) is 5.94. The molecule has 0 atom stereocenters. The Morgan fingerprint density at radius 1 is 1.17 bits per heavy atom. The van der Waals surface area contributed by atoms with Gasteiger partial charge in [-0.25, -0.2) is 0 Å². The first kappa shape index (κ1) is 17.9. The Morgan fingerprint density at radius 2 is 1.91 bits per heavy atom. The molecule has 1 saturated heterocycles. The first-order valence-corrected chi connectivity index (χ1v) is 8.43. The van der Waals surface area contributed by atoms with Crippen LogP contribution in [0.1, 0.15) is 17.5 Å². The third-order valence-electron chi connectivity index (χ3n) is 4.35. The van der Waals surface area contributed by atoms with Crippen LogP contribution in [0.25, 0.3) is 0 Å². The average Bonchev–Trinajstić information content (AvgIpc) is 2.75. The van der Waals surface area contributed by atoms with Crippen molar-refractivity contribution in [1.82, 2.24) is 14.7 Å². The van der Waals surface area contributed by atoms with Crippen LogP contribution in [0.2, 0.25) is 0 Å². The van der Waals surface area contributed by atoms with E-state index in [0.717, 1.165) is 39.1 Å². The molecule has 0 spiro atoms. The SMILES string of the molecule is Cc1ccc(CN2CCCN(C(=O)CN(C)CCO)CC2)cc1. The van der Waals surface area contributed by atoms with Crippen molar-refractivity contribution in [2.45, 2.75) is 19.9 Å². The van der Waals surface area contributed by atoms with Gasteiger partial charge < -0.3 is 10.0 Å². The third-order valence-corrected chi connectivity index (χ3v) is 4.35. The number of hydrogen-bond acceptors (Lipinski definition) is 4. The minimum Gasteiger partial charge on any atom is -0.395 e. The molecule has 5 nitrogen and oxygen atoms in total. The lowest BCUT2D eigenvalue weighted by atomic mass is 10.1. The highest BCUT2D eigenvalue weighted by molar-refractivity contribution is 5.78. The molecule has 0 bridgehead atoms. The maximum absolute atomic E-state index is 12.3. The Bertz CT molecular complexity index is 490. The van der Waals surface area contributed by atoms with Gasteiger partial charge >= 0.3 is 0 Å². The van der Waals surface area contributed by atoms with Crippen LogP contribution in [-0.2, 0) is 11.3 Å². The molecule has 1 aromatic rings. The van der Waals surface area contributed by atoms with Crippen LogP contribution in [0.15, 0.2) is 24.3 Å². The molecule has 1 amide bonds. The largest absolute Gasteiger partial charge is 0.395 e. The summed E-state index contributed by atoms with van der Waals surface area (Å²) < 4.78 is 0. The Balaban J connectivity index is 1.82. The van der Waals surface area contributed by atoms with E-state index < -0.39 is 0 Å². The summed E-state index contributed by atoms with van der Waals surface area (Å²) in [6.07, 6.45) is 1.02. The van der Waals surface area contributed by atoms with E-state index in [1.165, 1.54) is 11.1 Å². The predicted molar refractivity (Wildman–Crippen MR) is 92.2 cm³/mol. The summed E-state index contributed by atoms with van der Waals surface area (Å²) in [7, 11) is 1.87. The van der Waals surface area contributed by atoms with Gasteiger partial charge in [0.15, 0.2) is 0 Å². The number of carbonyl (C=O) groups excluding carboxylic acids is 1. The molecule has 2 rings (SSSR count). The lowest BCUT2D eigenvalue weighted by Crippen LogP contribution is -2.41. The quantitative estimate of drug-likeness (QED) is 0.848. The van der Waals surface area contributed by atoms with Gasteiger partial charge in [-0.05, 0) is 26.0 Å². The highest BCUT2D eigenvalue weighted by Crippen LogP contribution is 2.10. The molecule has 0 unspecified atom stereocenters. The van der Waals surface area contributed by atoms with Gasteiger partial charge in [0.25, 0.3) is 0 Å². The van der Waals surface area contributed by atoms with Crippen molar-refractivity contribution in [3.8, 4) is 0 Å². The average molecular weight is 319 g/mol. The number of amides is 1. The topological polar surface area (TPSA) is 47.0 Å². The molecule has 1 heterocycles. The van der Waals surface area contributed by atoms with Crippen LogP contribution in [0.5, 0.6) is 0 Å². The van der Waals surface area contributed by atoms with Gasteiger partial charge in [-0.15, -0.1) is 0 Å². The summed E-state index contributed by atoms with van der Waals surface area (Å²) in [6.45, 7) is 7.65. The van der Waals surface area contributed by atoms with E-state index in [-0.39, 0.29) is 12.5 Å². The Kier molecular flexibility index (Phi) is 7.02. The minimum absolute atomic E-state index is 0.0914. The molecule has 1 N–H and O–H groups in total. The van der Waals surface area contributed by atoms with Crippen molar-refractivity contribution in [3.05, 3.63) is 35.4 Å². The van der Waals surface area contributed by atoms with Crippen LogP contribution in [0, 0.1) is 6.92 Å². The van der Waals surface area contributed by atoms with Crippen LogP contribution >= 0.6 is 0 Å². The second-order valence-electron chi connectivity index (χ2n) is 6.46. The maximum atomic E-state index is 12.3. The zero-order valence-corrected chi connectivity index (χ0v) is 14.4. The van der Waals surface area contributed by atoms with Crippen LogP contribution < -0.4 is 0 Å². The molecule has 5 heteroatoms. The zero-order valence-electron chi connectivity index (χ0n) is 14.4. The number of aliphatic hydroxyl groups is 1. The molecule has 0 saturated carbocycles. The number of hydrogen-bond donors (Lipinski definition) is 1. The smallest absolute Gasteiger partial charge is 0.236 e. The van der Waals surface area contributed by atoms with Gasteiger partial charge in [-0.3, -0.25) is 14.6 Å². The van der Waals surface area contributed by atoms with E-state index >= 15 is 0 Å². The summed E-state index contributed by atoms with van der Waals surface area (Å²) >= 11 is 0. The second kappa shape index (κ2) is 9.01. The normalized spacial score (nSPS) is 16.6. The van der Waals surface area contributed by atoms with Crippen molar-refractivity contribution >= 4 is 5.91 Å². The van der Waals surface area contributed by atoms with Crippen LogP contribution in [0.4, 0.5) is 0 Å². The van der Waals surface area contributed by atoms with Crippen molar-refractivity contribution < 1.29 is 9.90 Å².